The van der Waals surface area contributed by atoms with Crippen molar-refractivity contribution >= 4 is 39.1 Å². The highest BCUT2D eigenvalue weighted by Gasteiger charge is 2.18. The van der Waals surface area contributed by atoms with E-state index in [9.17, 15) is 0 Å². The normalized spacial score (nSPS) is 12.3. The van der Waals surface area contributed by atoms with E-state index in [1.54, 1.807) is 7.11 Å². The van der Waals surface area contributed by atoms with E-state index in [0.29, 0.717) is 5.02 Å². The van der Waals surface area contributed by atoms with Crippen LogP contribution >= 0.6 is 39.1 Å². The molecule has 0 aliphatic heterocycles. The van der Waals surface area contributed by atoms with Gasteiger partial charge in [-0.2, -0.15) is 0 Å². The van der Waals surface area contributed by atoms with Crippen LogP contribution < -0.4 is 4.74 Å². The third-order valence-corrected chi connectivity index (χ3v) is 4.92. The average molecular weight is 374 g/mol. The fourth-order valence-electron chi connectivity index (χ4n) is 2.14. The average Bonchev–Trinajstić information content (AvgIpc) is 2.42. The van der Waals surface area contributed by atoms with Gasteiger partial charge >= 0.3 is 0 Å². The topological polar surface area (TPSA) is 9.23 Å². The SMILES string of the molecule is COc1cc(Cl)ccc1C(Br)c1cc(C)c(Cl)cc1C. The monoisotopic (exact) mass is 372 g/mol. The van der Waals surface area contributed by atoms with E-state index >= 15 is 0 Å². The molecule has 2 aromatic carbocycles. The Balaban J connectivity index is 2.51. The molecule has 0 fully saturated rings. The Morgan fingerprint density at radius 2 is 1.70 bits per heavy atom. The summed E-state index contributed by atoms with van der Waals surface area (Å²) in [7, 11) is 1.65. The van der Waals surface area contributed by atoms with Crippen molar-refractivity contribution in [3.05, 3.63) is 62.6 Å². The molecule has 0 aliphatic rings. The number of benzene rings is 2. The fraction of sp³-hybridized carbons (Fsp3) is 0.250. The Morgan fingerprint density at radius 3 is 2.35 bits per heavy atom. The first-order chi connectivity index (χ1) is 9.43. The van der Waals surface area contributed by atoms with Crippen LogP contribution in [0.15, 0.2) is 30.3 Å². The van der Waals surface area contributed by atoms with E-state index in [4.69, 9.17) is 27.9 Å². The van der Waals surface area contributed by atoms with Crippen LogP contribution in [0.4, 0.5) is 0 Å². The van der Waals surface area contributed by atoms with Gasteiger partial charge in [0, 0.05) is 15.6 Å². The Labute approximate surface area is 138 Å². The van der Waals surface area contributed by atoms with E-state index in [0.717, 1.165) is 27.5 Å². The quantitative estimate of drug-likeness (QED) is 0.590. The predicted molar refractivity (Wildman–Crippen MR) is 89.7 cm³/mol. The second-order valence-corrected chi connectivity index (χ2v) is 6.47. The Kier molecular flexibility index (Phi) is 5.00. The number of rotatable bonds is 3. The van der Waals surface area contributed by atoms with Gasteiger partial charge in [-0.15, -0.1) is 0 Å². The molecule has 20 heavy (non-hydrogen) atoms. The van der Waals surface area contributed by atoms with Gasteiger partial charge in [-0.1, -0.05) is 51.3 Å². The van der Waals surface area contributed by atoms with Crippen LogP contribution in [0.1, 0.15) is 27.1 Å². The van der Waals surface area contributed by atoms with Crippen molar-refractivity contribution in [2.45, 2.75) is 18.7 Å². The number of halogens is 3. The predicted octanol–water partition coefficient (Wildman–Crippen LogP) is 6.10. The van der Waals surface area contributed by atoms with Gasteiger partial charge in [-0.3, -0.25) is 0 Å². The molecule has 1 nitrogen and oxygen atoms in total. The molecule has 0 spiro atoms. The second-order valence-electron chi connectivity index (χ2n) is 4.71. The molecule has 0 N–H and O–H groups in total. The standard InChI is InChI=1S/C16H15BrCl2O/c1-9-7-14(19)10(2)6-13(9)16(17)12-5-4-11(18)8-15(12)20-3/h4-8,16H,1-3H3. The van der Waals surface area contributed by atoms with Gasteiger partial charge in [0.15, 0.2) is 0 Å². The summed E-state index contributed by atoms with van der Waals surface area (Å²) in [6, 6.07) is 9.76. The molecule has 106 valence electrons. The Morgan fingerprint density at radius 1 is 1.00 bits per heavy atom. The van der Waals surface area contributed by atoms with Crippen LogP contribution in [-0.2, 0) is 0 Å². The van der Waals surface area contributed by atoms with E-state index in [1.165, 1.54) is 5.56 Å². The largest absolute Gasteiger partial charge is 0.496 e. The lowest BCUT2D eigenvalue weighted by Crippen LogP contribution is -2.00. The minimum Gasteiger partial charge on any atom is -0.496 e. The van der Waals surface area contributed by atoms with Gasteiger partial charge in [0.05, 0.1) is 11.9 Å². The summed E-state index contributed by atoms with van der Waals surface area (Å²) in [6.45, 7) is 4.06. The molecule has 0 radical (unpaired) electrons. The second kappa shape index (κ2) is 6.38. The van der Waals surface area contributed by atoms with Crippen molar-refractivity contribution in [1.82, 2.24) is 0 Å². The molecule has 0 aliphatic carbocycles. The summed E-state index contributed by atoms with van der Waals surface area (Å²) in [5, 5.41) is 1.45. The fourth-order valence-corrected chi connectivity index (χ4v) is 3.39. The van der Waals surface area contributed by atoms with Crippen LogP contribution in [-0.4, -0.2) is 7.11 Å². The number of ether oxygens (including phenoxy) is 1. The number of methoxy groups -OCH3 is 1. The maximum atomic E-state index is 6.16. The van der Waals surface area contributed by atoms with Gasteiger partial charge in [-0.25, -0.2) is 0 Å². The molecule has 0 saturated heterocycles. The van der Waals surface area contributed by atoms with Crippen molar-refractivity contribution in [2.24, 2.45) is 0 Å². The van der Waals surface area contributed by atoms with Crippen LogP contribution in [0.3, 0.4) is 0 Å². The maximum Gasteiger partial charge on any atom is 0.125 e. The van der Waals surface area contributed by atoms with Crippen LogP contribution in [0, 0.1) is 13.8 Å². The van der Waals surface area contributed by atoms with E-state index in [1.807, 2.05) is 31.2 Å². The molecule has 2 rings (SSSR count). The third-order valence-electron chi connectivity index (χ3n) is 3.29. The Bertz CT molecular complexity index is 641. The zero-order chi connectivity index (χ0) is 14.9. The summed E-state index contributed by atoms with van der Waals surface area (Å²) in [6.07, 6.45) is 0. The van der Waals surface area contributed by atoms with Gasteiger partial charge in [-0.05, 0) is 48.7 Å². The number of alkyl halides is 1. The summed E-state index contributed by atoms with van der Waals surface area (Å²) < 4.78 is 5.42. The van der Waals surface area contributed by atoms with Crippen LogP contribution in [0.2, 0.25) is 10.0 Å². The third kappa shape index (κ3) is 3.13. The van der Waals surface area contributed by atoms with Gasteiger partial charge < -0.3 is 4.74 Å². The summed E-state index contributed by atoms with van der Waals surface area (Å²) in [5.41, 5.74) is 4.42. The summed E-state index contributed by atoms with van der Waals surface area (Å²) >= 11 is 15.9. The van der Waals surface area contributed by atoms with Crippen molar-refractivity contribution in [2.75, 3.05) is 7.11 Å². The van der Waals surface area contributed by atoms with Gasteiger partial charge in [0.25, 0.3) is 0 Å². The molecule has 2 aromatic rings. The van der Waals surface area contributed by atoms with Crippen molar-refractivity contribution in [3.8, 4) is 5.75 Å². The van der Waals surface area contributed by atoms with E-state index in [-0.39, 0.29) is 4.83 Å². The minimum absolute atomic E-state index is 0.0330. The molecule has 0 saturated carbocycles. The highest BCUT2D eigenvalue weighted by atomic mass is 79.9. The van der Waals surface area contributed by atoms with Gasteiger partial charge in [0.1, 0.15) is 5.75 Å². The Hall–Kier alpha value is -0.700. The smallest absolute Gasteiger partial charge is 0.125 e. The summed E-state index contributed by atoms with van der Waals surface area (Å²) in [5.74, 6) is 0.770. The number of hydrogen-bond acceptors (Lipinski definition) is 1. The van der Waals surface area contributed by atoms with Crippen molar-refractivity contribution in [3.63, 3.8) is 0 Å². The molecule has 0 heterocycles. The molecule has 1 atom stereocenters. The molecule has 0 bridgehead atoms. The lowest BCUT2D eigenvalue weighted by molar-refractivity contribution is 0.410. The minimum atomic E-state index is 0.0330. The maximum absolute atomic E-state index is 6.16. The molecule has 0 amide bonds. The van der Waals surface area contributed by atoms with Crippen LogP contribution in [0.5, 0.6) is 5.75 Å². The molecular formula is C16H15BrCl2O. The first-order valence-electron chi connectivity index (χ1n) is 6.18. The van der Waals surface area contributed by atoms with Crippen LogP contribution in [0.25, 0.3) is 0 Å². The lowest BCUT2D eigenvalue weighted by Gasteiger charge is -2.18. The molecule has 4 heteroatoms. The highest BCUT2D eigenvalue weighted by molar-refractivity contribution is 9.09. The zero-order valence-electron chi connectivity index (χ0n) is 11.5. The number of aryl methyl sites for hydroxylation is 2. The van der Waals surface area contributed by atoms with Crippen molar-refractivity contribution in [1.29, 1.82) is 0 Å². The summed E-state index contributed by atoms with van der Waals surface area (Å²) in [4.78, 5) is 0.0330. The lowest BCUT2D eigenvalue weighted by atomic mass is 9.98. The van der Waals surface area contributed by atoms with E-state index in [2.05, 4.69) is 28.9 Å². The zero-order valence-corrected chi connectivity index (χ0v) is 14.6. The first-order valence-corrected chi connectivity index (χ1v) is 7.85. The molecule has 0 aromatic heterocycles. The molecular weight excluding hydrogens is 359 g/mol. The first kappa shape index (κ1) is 15.7. The van der Waals surface area contributed by atoms with Gasteiger partial charge in [0.2, 0.25) is 0 Å². The molecule has 1 unspecified atom stereocenters. The number of hydrogen-bond donors (Lipinski definition) is 0. The van der Waals surface area contributed by atoms with Crippen molar-refractivity contribution < 1.29 is 4.74 Å². The van der Waals surface area contributed by atoms with E-state index < -0.39 is 0 Å². The highest BCUT2D eigenvalue weighted by Crippen LogP contribution is 2.40.